The van der Waals surface area contributed by atoms with Gasteiger partial charge in [-0.2, -0.15) is 0 Å². The Hall–Kier alpha value is -2.44. The first-order valence-electron chi connectivity index (χ1n) is 6.33. The molecule has 0 amide bonds. The van der Waals surface area contributed by atoms with Gasteiger partial charge in [-0.15, -0.1) is 5.10 Å². The van der Waals surface area contributed by atoms with Crippen LogP contribution >= 0.6 is 0 Å². The molecule has 0 fully saturated rings. The number of aryl methyl sites for hydroxylation is 1. The predicted octanol–water partition coefficient (Wildman–Crippen LogP) is 1.27. The normalized spacial score (nSPS) is 10.5. The summed E-state index contributed by atoms with van der Waals surface area (Å²) in [6.07, 6.45) is 0.609. The van der Waals surface area contributed by atoms with Crippen LogP contribution in [0.25, 0.3) is 11.4 Å². The van der Waals surface area contributed by atoms with Crippen molar-refractivity contribution in [3.05, 3.63) is 24.3 Å². The second-order valence-electron chi connectivity index (χ2n) is 4.67. The van der Waals surface area contributed by atoms with E-state index in [1.165, 1.54) is 0 Å². The van der Waals surface area contributed by atoms with Crippen molar-refractivity contribution < 1.29 is 9.90 Å². The third kappa shape index (κ3) is 3.31. The van der Waals surface area contributed by atoms with E-state index < -0.39 is 5.97 Å². The Labute approximate surface area is 116 Å². The molecule has 20 heavy (non-hydrogen) atoms. The number of tetrazole rings is 1. The van der Waals surface area contributed by atoms with Crippen LogP contribution in [0.2, 0.25) is 0 Å². The molecule has 0 radical (unpaired) electrons. The molecule has 1 aromatic carbocycles. The molecule has 1 N–H and O–H groups in total. The van der Waals surface area contributed by atoms with Gasteiger partial charge in [0.15, 0.2) is 5.82 Å². The van der Waals surface area contributed by atoms with Gasteiger partial charge in [0.2, 0.25) is 0 Å². The third-order valence-electron chi connectivity index (χ3n) is 2.91. The van der Waals surface area contributed by atoms with Crippen molar-refractivity contribution >= 4 is 11.7 Å². The SMILES string of the molecule is CN(C)c1cccc(-c2nnnn2CCCC(=O)O)c1. The fourth-order valence-corrected chi connectivity index (χ4v) is 1.87. The largest absolute Gasteiger partial charge is 0.481 e. The summed E-state index contributed by atoms with van der Waals surface area (Å²) in [7, 11) is 3.93. The summed E-state index contributed by atoms with van der Waals surface area (Å²) in [5.74, 6) is -0.159. The molecular weight excluding hydrogens is 258 g/mol. The Morgan fingerprint density at radius 2 is 2.20 bits per heavy atom. The van der Waals surface area contributed by atoms with Gasteiger partial charge in [-0.05, 0) is 29.0 Å². The highest BCUT2D eigenvalue weighted by Crippen LogP contribution is 2.21. The monoisotopic (exact) mass is 275 g/mol. The number of carbonyl (C=O) groups is 1. The predicted molar refractivity (Wildman–Crippen MR) is 74.4 cm³/mol. The molecule has 1 aromatic heterocycles. The quantitative estimate of drug-likeness (QED) is 0.854. The molecule has 0 aliphatic heterocycles. The molecule has 0 saturated heterocycles. The zero-order valence-electron chi connectivity index (χ0n) is 11.5. The number of carboxylic acid groups (broad SMARTS) is 1. The summed E-state index contributed by atoms with van der Waals surface area (Å²) in [4.78, 5) is 12.5. The molecule has 7 nitrogen and oxygen atoms in total. The average Bonchev–Trinajstić information content (AvgIpc) is 2.87. The Bertz CT molecular complexity index is 594. The van der Waals surface area contributed by atoms with E-state index in [0.717, 1.165) is 11.3 Å². The number of hydrogen-bond acceptors (Lipinski definition) is 5. The molecule has 7 heteroatoms. The zero-order valence-corrected chi connectivity index (χ0v) is 11.5. The van der Waals surface area contributed by atoms with Crippen molar-refractivity contribution in [3.8, 4) is 11.4 Å². The number of carboxylic acids is 1. The Morgan fingerprint density at radius 1 is 1.40 bits per heavy atom. The van der Waals surface area contributed by atoms with Crippen LogP contribution in [-0.4, -0.2) is 45.4 Å². The van der Waals surface area contributed by atoms with Gasteiger partial charge in [0.25, 0.3) is 0 Å². The van der Waals surface area contributed by atoms with Gasteiger partial charge in [0.1, 0.15) is 0 Å². The fraction of sp³-hybridized carbons (Fsp3) is 0.385. The lowest BCUT2D eigenvalue weighted by atomic mass is 10.2. The maximum Gasteiger partial charge on any atom is 0.303 e. The Balaban J connectivity index is 2.18. The summed E-state index contributed by atoms with van der Waals surface area (Å²) >= 11 is 0. The van der Waals surface area contributed by atoms with Crippen molar-refractivity contribution in [2.24, 2.45) is 0 Å². The van der Waals surface area contributed by atoms with Crippen LogP contribution < -0.4 is 4.90 Å². The van der Waals surface area contributed by atoms with E-state index in [4.69, 9.17) is 5.11 Å². The molecule has 106 valence electrons. The molecule has 2 rings (SSSR count). The fourth-order valence-electron chi connectivity index (χ4n) is 1.87. The van der Waals surface area contributed by atoms with Crippen LogP contribution in [0.5, 0.6) is 0 Å². The maximum atomic E-state index is 10.5. The van der Waals surface area contributed by atoms with Gasteiger partial charge in [-0.1, -0.05) is 12.1 Å². The van der Waals surface area contributed by atoms with Crippen molar-refractivity contribution in [2.75, 3.05) is 19.0 Å². The summed E-state index contributed by atoms with van der Waals surface area (Å²) in [6.45, 7) is 0.487. The minimum atomic E-state index is -0.811. The van der Waals surface area contributed by atoms with Gasteiger partial charge < -0.3 is 10.0 Å². The second-order valence-corrected chi connectivity index (χ2v) is 4.67. The lowest BCUT2D eigenvalue weighted by Gasteiger charge is -2.13. The maximum absolute atomic E-state index is 10.5. The van der Waals surface area contributed by atoms with E-state index in [0.29, 0.717) is 18.8 Å². The summed E-state index contributed by atoms with van der Waals surface area (Å²) in [5.41, 5.74) is 1.97. The first-order chi connectivity index (χ1) is 9.58. The third-order valence-corrected chi connectivity index (χ3v) is 2.91. The number of rotatable bonds is 6. The molecular formula is C13H17N5O2. The van der Waals surface area contributed by atoms with E-state index in [2.05, 4.69) is 15.5 Å². The standard InChI is InChI=1S/C13H17N5O2/c1-17(2)11-6-3-5-10(9-11)13-14-15-16-18(13)8-4-7-12(19)20/h3,5-6,9H,4,7-8H2,1-2H3,(H,19,20). The number of hydrogen-bond donors (Lipinski definition) is 1. The lowest BCUT2D eigenvalue weighted by molar-refractivity contribution is -0.137. The smallest absolute Gasteiger partial charge is 0.303 e. The minimum absolute atomic E-state index is 0.108. The van der Waals surface area contributed by atoms with Gasteiger partial charge >= 0.3 is 5.97 Å². The number of anilines is 1. The van der Waals surface area contributed by atoms with Crippen molar-refractivity contribution in [1.82, 2.24) is 20.2 Å². The minimum Gasteiger partial charge on any atom is -0.481 e. The molecule has 0 aliphatic carbocycles. The van der Waals surface area contributed by atoms with E-state index in [-0.39, 0.29) is 6.42 Å². The van der Waals surface area contributed by atoms with Gasteiger partial charge in [-0.25, -0.2) is 4.68 Å². The molecule has 0 unspecified atom stereocenters. The highest BCUT2D eigenvalue weighted by molar-refractivity contribution is 5.66. The first-order valence-corrected chi connectivity index (χ1v) is 6.33. The highest BCUT2D eigenvalue weighted by atomic mass is 16.4. The zero-order chi connectivity index (χ0) is 14.5. The average molecular weight is 275 g/mol. The van der Waals surface area contributed by atoms with Crippen LogP contribution in [-0.2, 0) is 11.3 Å². The van der Waals surface area contributed by atoms with Crippen LogP contribution in [0.3, 0.4) is 0 Å². The lowest BCUT2D eigenvalue weighted by Crippen LogP contribution is -2.09. The molecule has 2 aromatic rings. The topological polar surface area (TPSA) is 84.1 Å². The molecule has 0 atom stereocenters. The molecule has 0 aliphatic rings. The van der Waals surface area contributed by atoms with E-state index in [9.17, 15) is 4.79 Å². The summed E-state index contributed by atoms with van der Waals surface area (Å²) in [5, 5.41) is 20.3. The van der Waals surface area contributed by atoms with Gasteiger partial charge in [0, 0.05) is 38.3 Å². The summed E-state index contributed by atoms with van der Waals surface area (Å²) in [6, 6.07) is 7.88. The molecule has 0 saturated carbocycles. The molecule has 0 spiro atoms. The number of aromatic nitrogens is 4. The van der Waals surface area contributed by atoms with E-state index in [1.54, 1.807) is 4.68 Å². The van der Waals surface area contributed by atoms with Crippen LogP contribution in [0, 0.1) is 0 Å². The first kappa shape index (κ1) is 14.0. The van der Waals surface area contributed by atoms with Crippen LogP contribution in [0.4, 0.5) is 5.69 Å². The van der Waals surface area contributed by atoms with E-state index >= 15 is 0 Å². The number of benzene rings is 1. The van der Waals surface area contributed by atoms with Crippen molar-refractivity contribution in [2.45, 2.75) is 19.4 Å². The van der Waals surface area contributed by atoms with Crippen LogP contribution in [0.1, 0.15) is 12.8 Å². The van der Waals surface area contributed by atoms with Crippen molar-refractivity contribution in [3.63, 3.8) is 0 Å². The van der Waals surface area contributed by atoms with E-state index in [1.807, 2.05) is 43.3 Å². The van der Waals surface area contributed by atoms with Crippen molar-refractivity contribution in [1.29, 1.82) is 0 Å². The summed E-state index contributed by atoms with van der Waals surface area (Å²) < 4.78 is 1.64. The Morgan fingerprint density at radius 3 is 2.90 bits per heavy atom. The molecule has 0 bridgehead atoms. The molecule has 1 heterocycles. The second kappa shape index (κ2) is 6.14. The van der Waals surface area contributed by atoms with Gasteiger partial charge in [0.05, 0.1) is 0 Å². The highest BCUT2D eigenvalue weighted by Gasteiger charge is 2.10. The number of aliphatic carboxylic acids is 1. The van der Waals surface area contributed by atoms with Crippen LogP contribution in [0.15, 0.2) is 24.3 Å². The number of nitrogens with zero attached hydrogens (tertiary/aromatic N) is 5. The van der Waals surface area contributed by atoms with Gasteiger partial charge in [-0.3, -0.25) is 4.79 Å². The Kier molecular flexibility index (Phi) is 4.29.